The molecular weight excluding hydrogens is 361 g/mol. The first-order chi connectivity index (χ1) is 11.9. The molecular formula is C19H19Cl2NO3. The molecule has 25 heavy (non-hydrogen) atoms. The Morgan fingerprint density at radius 2 is 1.80 bits per heavy atom. The number of rotatable bonds is 6. The van der Waals surface area contributed by atoms with E-state index in [1.165, 1.54) is 20.3 Å². The number of ether oxygens (including phenoxy) is 2. The lowest BCUT2D eigenvalue weighted by molar-refractivity contribution is -0.117. The van der Waals surface area contributed by atoms with Crippen molar-refractivity contribution in [3.05, 3.63) is 63.6 Å². The summed E-state index contributed by atoms with van der Waals surface area (Å²) in [4.78, 5) is 12.1. The van der Waals surface area contributed by atoms with Crippen LogP contribution in [0.5, 0.6) is 11.5 Å². The van der Waals surface area contributed by atoms with Crippen LogP contribution in [0.25, 0.3) is 6.08 Å². The summed E-state index contributed by atoms with van der Waals surface area (Å²) in [5.74, 6) is 0.750. The van der Waals surface area contributed by atoms with Crippen molar-refractivity contribution in [3.8, 4) is 11.5 Å². The van der Waals surface area contributed by atoms with E-state index >= 15 is 0 Å². The molecule has 4 nitrogen and oxygen atoms in total. The van der Waals surface area contributed by atoms with Crippen LogP contribution in [-0.2, 0) is 4.79 Å². The maximum Gasteiger partial charge on any atom is 0.244 e. The van der Waals surface area contributed by atoms with Crippen molar-refractivity contribution < 1.29 is 14.3 Å². The lowest BCUT2D eigenvalue weighted by Gasteiger charge is -2.13. The van der Waals surface area contributed by atoms with Crippen LogP contribution in [0.1, 0.15) is 24.1 Å². The molecule has 0 saturated carbocycles. The van der Waals surface area contributed by atoms with Gasteiger partial charge in [0.1, 0.15) is 0 Å². The fraction of sp³-hybridized carbons (Fsp3) is 0.211. The normalized spacial score (nSPS) is 12.0. The van der Waals surface area contributed by atoms with Crippen LogP contribution in [0, 0.1) is 0 Å². The summed E-state index contributed by atoms with van der Waals surface area (Å²) in [7, 11) is 3.05. The number of carbonyl (C=O) groups excluding carboxylic acids is 1. The number of methoxy groups -OCH3 is 2. The van der Waals surface area contributed by atoms with Crippen molar-refractivity contribution in [2.75, 3.05) is 14.2 Å². The van der Waals surface area contributed by atoms with Gasteiger partial charge in [0.2, 0.25) is 5.91 Å². The van der Waals surface area contributed by atoms with Crippen molar-refractivity contribution in [2.24, 2.45) is 0 Å². The predicted octanol–water partition coefficient (Wildman–Crippen LogP) is 4.90. The molecule has 0 aliphatic heterocycles. The summed E-state index contributed by atoms with van der Waals surface area (Å²) >= 11 is 12.0. The Hall–Kier alpha value is -2.17. The predicted molar refractivity (Wildman–Crippen MR) is 102 cm³/mol. The molecule has 2 aromatic rings. The van der Waals surface area contributed by atoms with Gasteiger partial charge in [0.15, 0.2) is 11.5 Å². The number of benzene rings is 2. The van der Waals surface area contributed by atoms with Crippen LogP contribution in [-0.4, -0.2) is 20.1 Å². The standard InChI is InChI=1S/C19H19Cl2NO3/c1-12(14-5-7-15(20)8-6-14)22-18(23)9-4-13-10-16(21)19(25-3)17(11-13)24-2/h4-12H,1-3H3,(H,22,23)/b9-4+/t12-/m0/s1. The summed E-state index contributed by atoms with van der Waals surface area (Å²) in [5, 5.41) is 3.97. The zero-order chi connectivity index (χ0) is 18.4. The second-order valence-corrected chi connectivity index (χ2v) is 6.20. The molecule has 0 aromatic heterocycles. The highest BCUT2D eigenvalue weighted by Gasteiger charge is 2.10. The highest BCUT2D eigenvalue weighted by Crippen LogP contribution is 2.36. The van der Waals surface area contributed by atoms with E-state index in [0.717, 1.165) is 11.1 Å². The third kappa shape index (κ3) is 5.15. The number of amides is 1. The van der Waals surface area contributed by atoms with Gasteiger partial charge in [-0.15, -0.1) is 0 Å². The number of hydrogen-bond acceptors (Lipinski definition) is 3. The van der Waals surface area contributed by atoms with E-state index in [1.807, 2.05) is 19.1 Å². The van der Waals surface area contributed by atoms with Gasteiger partial charge in [-0.25, -0.2) is 0 Å². The molecule has 0 aliphatic carbocycles. The molecule has 1 amide bonds. The number of carbonyl (C=O) groups is 1. The van der Waals surface area contributed by atoms with Crippen molar-refractivity contribution in [1.82, 2.24) is 5.32 Å². The third-order valence-electron chi connectivity index (χ3n) is 3.61. The lowest BCUT2D eigenvalue weighted by atomic mass is 10.1. The Morgan fingerprint density at radius 3 is 2.40 bits per heavy atom. The Morgan fingerprint density at radius 1 is 1.12 bits per heavy atom. The summed E-state index contributed by atoms with van der Waals surface area (Å²) in [6.45, 7) is 1.91. The maximum absolute atomic E-state index is 12.1. The quantitative estimate of drug-likeness (QED) is 0.725. The fourth-order valence-electron chi connectivity index (χ4n) is 2.30. The zero-order valence-corrected chi connectivity index (χ0v) is 15.7. The van der Waals surface area contributed by atoms with Crippen LogP contribution >= 0.6 is 23.2 Å². The van der Waals surface area contributed by atoms with Gasteiger partial charge >= 0.3 is 0 Å². The molecule has 0 fully saturated rings. The van der Waals surface area contributed by atoms with Crippen molar-refractivity contribution in [3.63, 3.8) is 0 Å². The van der Waals surface area contributed by atoms with Crippen LogP contribution < -0.4 is 14.8 Å². The second kappa shape index (κ2) is 8.79. The second-order valence-electron chi connectivity index (χ2n) is 5.35. The minimum absolute atomic E-state index is 0.136. The largest absolute Gasteiger partial charge is 0.493 e. The van der Waals surface area contributed by atoms with E-state index in [9.17, 15) is 4.79 Å². The van der Waals surface area contributed by atoms with E-state index in [0.29, 0.717) is 21.5 Å². The van der Waals surface area contributed by atoms with Gasteiger partial charge in [-0.1, -0.05) is 35.3 Å². The van der Waals surface area contributed by atoms with Crippen LogP contribution in [0.3, 0.4) is 0 Å². The van der Waals surface area contributed by atoms with Gasteiger partial charge in [-0.2, -0.15) is 0 Å². The van der Waals surface area contributed by atoms with Gasteiger partial charge in [-0.05, 0) is 48.4 Å². The smallest absolute Gasteiger partial charge is 0.244 e. The summed E-state index contributed by atoms with van der Waals surface area (Å²) in [5.41, 5.74) is 1.71. The van der Waals surface area contributed by atoms with Crippen molar-refractivity contribution >= 4 is 35.2 Å². The minimum atomic E-state index is -0.214. The van der Waals surface area contributed by atoms with Crippen LogP contribution in [0.2, 0.25) is 10.0 Å². The Bertz CT molecular complexity index is 773. The summed E-state index contributed by atoms with van der Waals surface area (Å²) in [6, 6.07) is 10.7. The van der Waals surface area contributed by atoms with Crippen molar-refractivity contribution in [1.29, 1.82) is 0 Å². The summed E-state index contributed by atoms with van der Waals surface area (Å²) < 4.78 is 10.4. The molecule has 0 spiro atoms. The minimum Gasteiger partial charge on any atom is -0.493 e. The van der Waals surface area contributed by atoms with E-state index < -0.39 is 0 Å². The Labute approximate surface area is 157 Å². The molecule has 0 heterocycles. The molecule has 0 bridgehead atoms. The van der Waals surface area contributed by atoms with Gasteiger partial charge in [0.05, 0.1) is 25.3 Å². The SMILES string of the molecule is COc1cc(/C=C/C(=O)N[C@@H](C)c2ccc(Cl)cc2)cc(Cl)c1OC. The molecule has 0 aliphatic rings. The molecule has 2 rings (SSSR count). The molecule has 0 saturated heterocycles. The number of halogens is 2. The van der Waals surface area contributed by atoms with Gasteiger partial charge < -0.3 is 14.8 Å². The molecule has 2 aromatic carbocycles. The Kier molecular flexibility index (Phi) is 6.73. The third-order valence-corrected chi connectivity index (χ3v) is 4.14. The zero-order valence-electron chi connectivity index (χ0n) is 14.2. The summed E-state index contributed by atoms with van der Waals surface area (Å²) in [6.07, 6.45) is 3.11. The van der Waals surface area contributed by atoms with E-state index in [2.05, 4.69) is 5.32 Å². The first-order valence-electron chi connectivity index (χ1n) is 7.60. The number of hydrogen-bond donors (Lipinski definition) is 1. The van der Waals surface area contributed by atoms with Crippen LogP contribution in [0.4, 0.5) is 0 Å². The van der Waals surface area contributed by atoms with Crippen LogP contribution in [0.15, 0.2) is 42.5 Å². The Balaban J connectivity index is 2.07. The van der Waals surface area contributed by atoms with Gasteiger partial charge in [0.25, 0.3) is 0 Å². The van der Waals surface area contributed by atoms with E-state index in [4.69, 9.17) is 32.7 Å². The highest BCUT2D eigenvalue weighted by atomic mass is 35.5. The number of nitrogens with one attached hydrogen (secondary N) is 1. The monoisotopic (exact) mass is 379 g/mol. The first-order valence-corrected chi connectivity index (χ1v) is 8.35. The topological polar surface area (TPSA) is 47.6 Å². The van der Waals surface area contributed by atoms with Gasteiger partial charge in [-0.3, -0.25) is 4.79 Å². The molecule has 6 heteroatoms. The molecule has 1 atom stereocenters. The van der Waals surface area contributed by atoms with E-state index in [1.54, 1.807) is 30.3 Å². The fourth-order valence-corrected chi connectivity index (χ4v) is 2.72. The molecule has 0 radical (unpaired) electrons. The average Bonchev–Trinajstić information content (AvgIpc) is 2.59. The highest BCUT2D eigenvalue weighted by molar-refractivity contribution is 6.32. The maximum atomic E-state index is 12.1. The van der Waals surface area contributed by atoms with Gasteiger partial charge in [0, 0.05) is 11.1 Å². The van der Waals surface area contributed by atoms with E-state index in [-0.39, 0.29) is 11.9 Å². The molecule has 1 N–H and O–H groups in total. The molecule has 0 unspecified atom stereocenters. The molecule has 132 valence electrons. The first kappa shape index (κ1) is 19.2. The van der Waals surface area contributed by atoms with Crippen molar-refractivity contribution in [2.45, 2.75) is 13.0 Å². The average molecular weight is 380 g/mol. The lowest BCUT2D eigenvalue weighted by Crippen LogP contribution is -2.24.